The first-order valence-corrected chi connectivity index (χ1v) is 18.0. The predicted octanol–water partition coefficient (Wildman–Crippen LogP) is 2.57. The quantitative estimate of drug-likeness (QED) is 0.155. The third kappa shape index (κ3) is 9.79. The van der Waals surface area contributed by atoms with E-state index in [9.17, 15) is 28.8 Å². The SMILES string of the molecule is COC(=O)CCC1=C(CC(=O)OCC[Si](C)(C)C)C(C)(Cc2[nH]c(C(=O)OC)c(CCC(=O)OC)c2CC(=O)OC)NC1=O. The summed E-state index contributed by atoms with van der Waals surface area (Å²) in [7, 11) is 3.45. The van der Waals surface area contributed by atoms with Gasteiger partial charge in [-0.05, 0) is 42.5 Å². The Balaban J connectivity index is 2.60. The Morgan fingerprint density at radius 2 is 1.36 bits per heavy atom. The maximum atomic E-state index is 13.3. The smallest absolute Gasteiger partial charge is 0.354 e. The molecule has 1 unspecified atom stereocenters. The number of aromatic amines is 1. The largest absolute Gasteiger partial charge is 0.469 e. The van der Waals surface area contributed by atoms with Gasteiger partial charge >= 0.3 is 29.8 Å². The lowest BCUT2D eigenvalue weighted by Gasteiger charge is -2.28. The highest BCUT2D eigenvalue weighted by Crippen LogP contribution is 2.37. The molecule has 2 N–H and O–H groups in total. The molecule has 13 nitrogen and oxygen atoms in total. The molecule has 1 aromatic rings. The maximum Gasteiger partial charge on any atom is 0.354 e. The third-order valence-corrected chi connectivity index (χ3v) is 9.22. The molecule has 1 aliphatic rings. The van der Waals surface area contributed by atoms with Gasteiger partial charge in [-0.25, -0.2) is 4.79 Å². The second-order valence-corrected chi connectivity index (χ2v) is 17.6. The molecule has 0 saturated carbocycles. The fourth-order valence-corrected chi connectivity index (χ4v) is 5.75. The molecule has 1 amide bonds. The van der Waals surface area contributed by atoms with Crippen LogP contribution in [0.1, 0.15) is 59.9 Å². The van der Waals surface area contributed by atoms with E-state index in [2.05, 4.69) is 29.9 Å². The minimum absolute atomic E-state index is 0.0204. The summed E-state index contributed by atoms with van der Waals surface area (Å²) >= 11 is 0. The van der Waals surface area contributed by atoms with E-state index in [-0.39, 0.29) is 62.8 Å². The second-order valence-electron chi connectivity index (χ2n) is 12.0. The molecule has 14 heteroatoms. The van der Waals surface area contributed by atoms with E-state index in [0.717, 1.165) is 6.04 Å². The Morgan fingerprint density at radius 1 is 0.773 bits per heavy atom. The van der Waals surface area contributed by atoms with Gasteiger partial charge in [-0.1, -0.05) is 19.6 Å². The number of ether oxygens (including phenoxy) is 5. The van der Waals surface area contributed by atoms with E-state index in [1.165, 1.54) is 28.4 Å². The number of nitrogens with one attached hydrogen (secondary N) is 2. The lowest BCUT2D eigenvalue weighted by molar-refractivity contribution is -0.143. The van der Waals surface area contributed by atoms with E-state index in [1.54, 1.807) is 6.92 Å². The van der Waals surface area contributed by atoms with E-state index in [1.807, 2.05) is 0 Å². The predicted molar refractivity (Wildman–Crippen MR) is 160 cm³/mol. The lowest BCUT2D eigenvalue weighted by Crippen LogP contribution is -2.44. The van der Waals surface area contributed by atoms with Gasteiger partial charge in [0, 0.05) is 38.6 Å². The summed E-state index contributed by atoms with van der Waals surface area (Å²) < 4.78 is 24.9. The number of methoxy groups -OCH3 is 4. The summed E-state index contributed by atoms with van der Waals surface area (Å²) in [4.78, 5) is 78.6. The van der Waals surface area contributed by atoms with Crippen molar-refractivity contribution in [3.8, 4) is 0 Å². The summed E-state index contributed by atoms with van der Waals surface area (Å²) in [5, 5.41) is 2.94. The Kier molecular flexibility index (Phi) is 12.9. The number of carbonyl (C=O) groups excluding carboxylic acids is 6. The van der Waals surface area contributed by atoms with Crippen LogP contribution in [-0.4, -0.2) is 89.4 Å². The number of rotatable bonds is 16. The second kappa shape index (κ2) is 15.7. The molecule has 2 rings (SSSR count). The maximum absolute atomic E-state index is 13.3. The zero-order chi connectivity index (χ0) is 33.2. The minimum atomic E-state index is -1.47. The van der Waals surface area contributed by atoms with Gasteiger partial charge in [-0.3, -0.25) is 24.0 Å². The molecule has 0 saturated heterocycles. The van der Waals surface area contributed by atoms with Gasteiger partial charge in [0.25, 0.3) is 0 Å². The lowest BCUT2D eigenvalue weighted by atomic mass is 9.83. The number of H-pyrrole nitrogens is 1. The third-order valence-electron chi connectivity index (χ3n) is 7.52. The molecular weight excluding hydrogens is 592 g/mol. The first-order chi connectivity index (χ1) is 20.6. The highest BCUT2D eigenvalue weighted by atomic mass is 28.3. The summed E-state index contributed by atoms with van der Waals surface area (Å²) in [6, 6.07) is 0.769. The molecule has 0 spiro atoms. The summed E-state index contributed by atoms with van der Waals surface area (Å²) in [6.45, 7) is 8.46. The van der Waals surface area contributed by atoms with E-state index >= 15 is 0 Å². The topological polar surface area (TPSA) is 176 Å². The van der Waals surface area contributed by atoms with Gasteiger partial charge in [0.15, 0.2) is 0 Å². The van der Waals surface area contributed by atoms with Gasteiger partial charge in [0.2, 0.25) is 5.91 Å². The Bertz CT molecular complexity index is 1310. The van der Waals surface area contributed by atoms with Crippen LogP contribution < -0.4 is 5.32 Å². The fraction of sp³-hybridized carbons (Fsp3) is 0.600. The molecule has 0 radical (unpaired) electrons. The van der Waals surface area contributed by atoms with Crippen LogP contribution in [0.25, 0.3) is 0 Å². The van der Waals surface area contributed by atoms with Crippen molar-refractivity contribution in [2.45, 2.75) is 83.1 Å². The fourth-order valence-electron chi connectivity index (χ4n) is 5.03. The number of amides is 1. The van der Waals surface area contributed by atoms with Crippen molar-refractivity contribution < 1.29 is 52.5 Å². The Hall–Kier alpha value is -3.94. The monoisotopic (exact) mass is 636 g/mol. The standard InChI is InChI=1S/C30H44N2O11Si/c1-30(17-22-20(15-25(35)41-4)18(9-11-23(33)39-2)27(31-22)29(38)42-5)21(16-26(36)43-13-14-44(6,7)8)19(28(37)32-30)10-12-24(34)40-3/h31H,9-17H2,1-8H3,(H,32,37). The number of hydrogen-bond acceptors (Lipinski definition) is 11. The normalized spacial score (nSPS) is 16.3. The molecule has 0 aliphatic carbocycles. The molecule has 0 aromatic carbocycles. The molecule has 44 heavy (non-hydrogen) atoms. The van der Waals surface area contributed by atoms with Crippen LogP contribution in [0.2, 0.25) is 25.7 Å². The number of carbonyl (C=O) groups is 6. The molecule has 1 atom stereocenters. The molecule has 1 aromatic heterocycles. The average Bonchev–Trinajstić information content (AvgIpc) is 3.40. The van der Waals surface area contributed by atoms with E-state index in [0.29, 0.717) is 22.4 Å². The molecule has 1 aliphatic heterocycles. The van der Waals surface area contributed by atoms with Crippen LogP contribution in [0.5, 0.6) is 0 Å². The zero-order valence-electron chi connectivity index (χ0n) is 26.9. The van der Waals surface area contributed by atoms with Crippen molar-refractivity contribution >= 4 is 43.8 Å². The summed E-state index contributed by atoms with van der Waals surface area (Å²) in [5.41, 5.74) is 0.731. The van der Waals surface area contributed by atoms with Gasteiger partial charge < -0.3 is 34.0 Å². The average molecular weight is 637 g/mol. The van der Waals surface area contributed by atoms with Crippen molar-refractivity contribution in [1.29, 1.82) is 0 Å². The van der Waals surface area contributed by atoms with Crippen molar-refractivity contribution in [3.05, 3.63) is 33.7 Å². The number of aromatic nitrogens is 1. The van der Waals surface area contributed by atoms with Crippen LogP contribution in [0.3, 0.4) is 0 Å². The summed E-state index contributed by atoms with van der Waals surface area (Å²) in [5.74, 6) is -3.33. The Morgan fingerprint density at radius 3 is 1.91 bits per heavy atom. The number of hydrogen-bond donors (Lipinski definition) is 2. The van der Waals surface area contributed by atoms with Gasteiger partial charge in [-0.2, -0.15) is 0 Å². The van der Waals surface area contributed by atoms with Crippen molar-refractivity contribution in [2.75, 3.05) is 35.0 Å². The van der Waals surface area contributed by atoms with Crippen LogP contribution in [0, 0.1) is 0 Å². The first kappa shape index (κ1) is 36.2. The minimum Gasteiger partial charge on any atom is -0.469 e. The van der Waals surface area contributed by atoms with Crippen molar-refractivity contribution in [2.24, 2.45) is 0 Å². The molecule has 2 heterocycles. The van der Waals surface area contributed by atoms with Crippen LogP contribution in [-0.2, 0) is 66.9 Å². The molecule has 0 bridgehead atoms. The van der Waals surface area contributed by atoms with Crippen LogP contribution in [0.15, 0.2) is 11.1 Å². The van der Waals surface area contributed by atoms with Crippen LogP contribution >= 0.6 is 0 Å². The molecule has 0 fully saturated rings. The first-order valence-electron chi connectivity index (χ1n) is 14.3. The molecular formula is C30H44N2O11Si. The van der Waals surface area contributed by atoms with E-state index in [4.69, 9.17) is 23.7 Å². The van der Waals surface area contributed by atoms with Crippen LogP contribution in [0.4, 0.5) is 0 Å². The number of esters is 5. The highest BCUT2D eigenvalue weighted by Gasteiger charge is 2.43. The summed E-state index contributed by atoms with van der Waals surface area (Å²) in [6.07, 6.45) is -0.513. The van der Waals surface area contributed by atoms with E-state index < -0.39 is 49.4 Å². The van der Waals surface area contributed by atoms with Gasteiger partial charge in [-0.15, -0.1) is 0 Å². The van der Waals surface area contributed by atoms with Gasteiger partial charge in [0.1, 0.15) is 5.69 Å². The van der Waals surface area contributed by atoms with Crippen molar-refractivity contribution in [3.63, 3.8) is 0 Å². The zero-order valence-corrected chi connectivity index (χ0v) is 27.9. The molecule has 244 valence electrons. The Labute approximate surface area is 258 Å². The highest BCUT2D eigenvalue weighted by molar-refractivity contribution is 6.76. The van der Waals surface area contributed by atoms with Gasteiger partial charge in [0.05, 0.1) is 53.4 Å². The van der Waals surface area contributed by atoms with Crippen molar-refractivity contribution in [1.82, 2.24) is 10.3 Å².